The molecule has 1 unspecified atom stereocenters. The second kappa shape index (κ2) is 7.00. The summed E-state index contributed by atoms with van der Waals surface area (Å²) in [6.45, 7) is -2.85. The lowest BCUT2D eigenvalue weighted by molar-refractivity contribution is -0.0498. The molecule has 0 spiro atoms. The van der Waals surface area contributed by atoms with E-state index < -0.39 is 12.7 Å². The lowest BCUT2D eigenvalue weighted by atomic mass is 10.1. The van der Waals surface area contributed by atoms with Crippen molar-refractivity contribution in [2.45, 2.75) is 31.6 Å². The second-order valence-corrected chi connectivity index (χ2v) is 5.71. The molecule has 7 heteroatoms. The van der Waals surface area contributed by atoms with Crippen LogP contribution in [0.25, 0.3) is 0 Å². The molecule has 1 heterocycles. The number of alkyl halides is 2. The van der Waals surface area contributed by atoms with Gasteiger partial charge in [-0.25, -0.2) is 0 Å². The normalized spacial score (nSPS) is 15.3. The van der Waals surface area contributed by atoms with Crippen molar-refractivity contribution in [3.63, 3.8) is 0 Å². The van der Waals surface area contributed by atoms with Gasteiger partial charge < -0.3 is 19.7 Å². The zero-order valence-electron chi connectivity index (χ0n) is 12.9. The topological polar surface area (TPSA) is 63.5 Å². The Morgan fingerprint density at radius 3 is 2.62 bits per heavy atom. The summed E-state index contributed by atoms with van der Waals surface area (Å²) in [4.78, 5) is 12.2. The fourth-order valence-corrected chi connectivity index (χ4v) is 2.53. The number of carbonyl (C=O) groups excluding carboxylic acids is 1. The smallest absolute Gasteiger partial charge is 0.387 e. The Morgan fingerprint density at radius 1 is 1.29 bits per heavy atom. The van der Waals surface area contributed by atoms with E-state index in [-0.39, 0.29) is 18.2 Å². The predicted molar refractivity (Wildman–Crippen MR) is 83.1 cm³/mol. The SMILES string of the molecule is O=C(NCC(O)c1ccc(OC(F)F)cc1)c1cccn1C1CC1. The van der Waals surface area contributed by atoms with Gasteiger partial charge in [0.2, 0.25) is 0 Å². The summed E-state index contributed by atoms with van der Waals surface area (Å²) in [6, 6.07) is 9.65. The third kappa shape index (κ3) is 3.91. The van der Waals surface area contributed by atoms with E-state index in [4.69, 9.17) is 0 Å². The van der Waals surface area contributed by atoms with E-state index in [2.05, 4.69) is 10.1 Å². The van der Waals surface area contributed by atoms with Crippen molar-refractivity contribution in [1.82, 2.24) is 9.88 Å². The van der Waals surface area contributed by atoms with Crippen molar-refractivity contribution in [2.75, 3.05) is 6.54 Å². The van der Waals surface area contributed by atoms with Gasteiger partial charge in [-0.05, 0) is 42.7 Å². The van der Waals surface area contributed by atoms with E-state index in [1.54, 1.807) is 6.07 Å². The maximum absolute atomic E-state index is 12.2. The highest BCUT2D eigenvalue weighted by Crippen LogP contribution is 2.36. The van der Waals surface area contributed by atoms with E-state index in [9.17, 15) is 18.7 Å². The summed E-state index contributed by atoms with van der Waals surface area (Å²) in [7, 11) is 0. The van der Waals surface area contributed by atoms with Crippen LogP contribution in [0.4, 0.5) is 8.78 Å². The first kappa shape index (κ1) is 16.4. The predicted octanol–water partition coefficient (Wildman–Crippen LogP) is 2.89. The van der Waals surface area contributed by atoms with Gasteiger partial charge in [-0.2, -0.15) is 8.78 Å². The molecule has 5 nitrogen and oxygen atoms in total. The molecule has 0 aliphatic heterocycles. The van der Waals surface area contributed by atoms with Crippen molar-refractivity contribution in [3.05, 3.63) is 53.9 Å². The van der Waals surface area contributed by atoms with Crippen LogP contribution in [0, 0.1) is 0 Å². The maximum Gasteiger partial charge on any atom is 0.387 e. The first-order chi connectivity index (χ1) is 11.5. The quantitative estimate of drug-likeness (QED) is 0.817. The number of aliphatic hydroxyl groups excluding tert-OH is 1. The van der Waals surface area contributed by atoms with E-state index in [1.165, 1.54) is 24.3 Å². The molecular formula is C17H18F2N2O3. The molecule has 1 aromatic carbocycles. The van der Waals surface area contributed by atoms with Gasteiger partial charge in [0.25, 0.3) is 5.91 Å². The largest absolute Gasteiger partial charge is 0.435 e. The van der Waals surface area contributed by atoms with Crippen molar-refractivity contribution < 1.29 is 23.4 Å². The van der Waals surface area contributed by atoms with Gasteiger partial charge in [-0.15, -0.1) is 0 Å². The molecule has 1 aliphatic rings. The van der Waals surface area contributed by atoms with Gasteiger partial charge in [-0.3, -0.25) is 4.79 Å². The molecular weight excluding hydrogens is 318 g/mol. The van der Waals surface area contributed by atoms with E-state index in [0.29, 0.717) is 17.3 Å². The highest BCUT2D eigenvalue weighted by Gasteiger charge is 2.26. The number of amides is 1. The number of hydrogen-bond acceptors (Lipinski definition) is 3. The summed E-state index contributed by atoms with van der Waals surface area (Å²) < 4.78 is 30.4. The monoisotopic (exact) mass is 336 g/mol. The first-order valence-corrected chi connectivity index (χ1v) is 7.72. The molecule has 0 radical (unpaired) electrons. The first-order valence-electron chi connectivity index (χ1n) is 7.72. The van der Waals surface area contributed by atoms with Gasteiger partial charge in [0.1, 0.15) is 11.4 Å². The number of carbonyl (C=O) groups is 1. The molecule has 1 fully saturated rings. The highest BCUT2D eigenvalue weighted by molar-refractivity contribution is 5.92. The molecule has 0 saturated heterocycles. The minimum Gasteiger partial charge on any atom is -0.435 e. The summed E-state index contributed by atoms with van der Waals surface area (Å²) in [5.41, 5.74) is 1.08. The Kier molecular flexibility index (Phi) is 4.80. The maximum atomic E-state index is 12.2. The number of aromatic nitrogens is 1. The van der Waals surface area contributed by atoms with E-state index >= 15 is 0 Å². The molecule has 24 heavy (non-hydrogen) atoms. The molecule has 1 aromatic heterocycles. The number of benzene rings is 1. The average molecular weight is 336 g/mol. The molecule has 0 bridgehead atoms. The number of rotatable bonds is 7. The third-order valence-corrected chi connectivity index (χ3v) is 3.90. The van der Waals surface area contributed by atoms with Gasteiger partial charge in [0, 0.05) is 18.8 Å². The molecule has 128 valence electrons. The standard InChI is InChI=1S/C17H18F2N2O3/c18-17(19)24-13-7-3-11(4-8-13)15(22)10-20-16(23)14-2-1-9-21(14)12-5-6-12/h1-4,7-9,12,15,17,22H,5-6,10H2,(H,20,23). The zero-order chi connectivity index (χ0) is 17.1. The van der Waals surface area contributed by atoms with Gasteiger partial charge in [-0.1, -0.05) is 12.1 Å². The van der Waals surface area contributed by atoms with Crippen LogP contribution in [0.5, 0.6) is 5.75 Å². The van der Waals surface area contributed by atoms with Crippen LogP contribution in [0.1, 0.15) is 41.0 Å². The Balaban J connectivity index is 1.55. The number of ether oxygens (including phenoxy) is 1. The lowest BCUT2D eigenvalue weighted by Gasteiger charge is -2.14. The van der Waals surface area contributed by atoms with Crippen LogP contribution >= 0.6 is 0 Å². The Morgan fingerprint density at radius 2 is 2.00 bits per heavy atom. The molecule has 2 aromatic rings. The number of nitrogens with one attached hydrogen (secondary N) is 1. The average Bonchev–Trinajstić information content (AvgIpc) is 3.29. The van der Waals surface area contributed by atoms with Gasteiger partial charge >= 0.3 is 6.61 Å². The molecule has 2 N–H and O–H groups in total. The fraction of sp³-hybridized carbons (Fsp3) is 0.353. The zero-order valence-corrected chi connectivity index (χ0v) is 12.9. The van der Waals surface area contributed by atoms with Crippen molar-refractivity contribution in [3.8, 4) is 5.75 Å². The number of nitrogens with zero attached hydrogens (tertiary/aromatic N) is 1. The molecule has 1 atom stereocenters. The van der Waals surface area contributed by atoms with E-state index in [1.807, 2.05) is 16.8 Å². The van der Waals surface area contributed by atoms with Crippen LogP contribution in [0.15, 0.2) is 42.6 Å². The van der Waals surface area contributed by atoms with Gasteiger partial charge in [0.05, 0.1) is 6.10 Å². The van der Waals surface area contributed by atoms with Crippen molar-refractivity contribution in [2.24, 2.45) is 0 Å². The highest BCUT2D eigenvalue weighted by atomic mass is 19.3. The summed E-state index contributed by atoms with van der Waals surface area (Å²) in [5.74, 6) is -0.226. The number of hydrogen-bond donors (Lipinski definition) is 2. The fourth-order valence-electron chi connectivity index (χ4n) is 2.53. The van der Waals surface area contributed by atoms with Gasteiger partial charge in [0.15, 0.2) is 0 Å². The van der Waals surface area contributed by atoms with Crippen LogP contribution < -0.4 is 10.1 Å². The lowest BCUT2D eigenvalue weighted by Crippen LogP contribution is -2.30. The van der Waals surface area contributed by atoms with Crippen LogP contribution in [-0.4, -0.2) is 28.7 Å². The molecule has 1 amide bonds. The van der Waals surface area contributed by atoms with Crippen LogP contribution in [0.2, 0.25) is 0 Å². The van der Waals surface area contributed by atoms with Crippen LogP contribution in [-0.2, 0) is 0 Å². The third-order valence-electron chi connectivity index (χ3n) is 3.90. The minimum absolute atomic E-state index is 0.0206. The van der Waals surface area contributed by atoms with Crippen LogP contribution in [0.3, 0.4) is 0 Å². The molecule has 1 aliphatic carbocycles. The second-order valence-electron chi connectivity index (χ2n) is 5.71. The number of aliphatic hydroxyl groups is 1. The summed E-state index contributed by atoms with van der Waals surface area (Å²) >= 11 is 0. The summed E-state index contributed by atoms with van der Waals surface area (Å²) in [6.07, 6.45) is 3.10. The molecule has 3 rings (SSSR count). The Bertz CT molecular complexity index is 696. The Labute approximate surface area is 137 Å². The number of halogens is 2. The summed E-state index contributed by atoms with van der Waals surface area (Å²) in [5, 5.41) is 12.8. The van der Waals surface area contributed by atoms with Crippen molar-refractivity contribution >= 4 is 5.91 Å². The van der Waals surface area contributed by atoms with E-state index in [0.717, 1.165) is 12.8 Å². The van der Waals surface area contributed by atoms with Crippen molar-refractivity contribution in [1.29, 1.82) is 0 Å². The Hall–Kier alpha value is -2.41. The minimum atomic E-state index is -2.89. The molecule has 1 saturated carbocycles.